The molecule has 2 fully saturated rings. The molecule has 2 aromatic rings. The lowest BCUT2D eigenvalue weighted by Crippen LogP contribution is -2.48. The molecule has 25 heavy (non-hydrogen) atoms. The molecule has 2 saturated heterocycles. The van der Waals surface area contributed by atoms with E-state index in [0.29, 0.717) is 29.7 Å². The number of aliphatic hydroxyl groups is 1. The van der Waals surface area contributed by atoms with Gasteiger partial charge in [0.25, 0.3) is 0 Å². The molecular formula is C19H24ClN3O2. The number of piperidine rings is 1. The van der Waals surface area contributed by atoms with Crippen molar-refractivity contribution in [3.8, 4) is 5.75 Å². The molecule has 5 nitrogen and oxygen atoms in total. The van der Waals surface area contributed by atoms with E-state index in [1.54, 1.807) is 13.3 Å². The van der Waals surface area contributed by atoms with Crippen molar-refractivity contribution in [1.29, 1.82) is 0 Å². The van der Waals surface area contributed by atoms with Gasteiger partial charge in [-0.3, -0.25) is 9.88 Å². The number of ether oxygens (including phenoxy) is 1. The summed E-state index contributed by atoms with van der Waals surface area (Å²) in [4.78, 5) is 6.80. The Bertz CT molecular complexity index is 771. The van der Waals surface area contributed by atoms with Crippen molar-refractivity contribution in [2.75, 3.05) is 13.7 Å². The fourth-order valence-electron chi connectivity index (χ4n) is 4.54. The number of benzene rings is 1. The minimum Gasteiger partial charge on any atom is -0.497 e. The number of hydrogen-bond acceptors (Lipinski definition) is 5. The maximum atomic E-state index is 11.0. The molecule has 4 rings (SSSR count). The van der Waals surface area contributed by atoms with E-state index in [1.807, 2.05) is 18.2 Å². The van der Waals surface area contributed by atoms with E-state index in [4.69, 9.17) is 22.1 Å². The highest BCUT2D eigenvalue weighted by Gasteiger charge is 2.40. The van der Waals surface area contributed by atoms with E-state index < -0.39 is 6.10 Å². The van der Waals surface area contributed by atoms with E-state index in [2.05, 4.69) is 9.88 Å². The molecule has 0 amide bonds. The van der Waals surface area contributed by atoms with Crippen LogP contribution in [0.3, 0.4) is 0 Å². The van der Waals surface area contributed by atoms with Crippen LogP contribution >= 0.6 is 11.6 Å². The van der Waals surface area contributed by atoms with Gasteiger partial charge < -0.3 is 15.6 Å². The second kappa shape index (κ2) is 6.72. The van der Waals surface area contributed by atoms with E-state index in [9.17, 15) is 5.11 Å². The van der Waals surface area contributed by atoms with Crippen LogP contribution in [0, 0.1) is 0 Å². The van der Waals surface area contributed by atoms with Crippen LogP contribution in [0.15, 0.2) is 24.4 Å². The Balaban J connectivity index is 1.66. The van der Waals surface area contributed by atoms with Crippen LogP contribution in [0.1, 0.15) is 37.4 Å². The smallest absolute Gasteiger partial charge is 0.119 e. The van der Waals surface area contributed by atoms with Crippen LogP contribution in [0.4, 0.5) is 0 Å². The molecule has 3 unspecified atom stereocenters. The molecule has 0 radical (unpaired) electrons. The molecule has 134 valence electrons. The molecule has 3 atom stereocenters. The summed E-state index contributed by atoms with van der Waals surface area (Å²) in [5, 5.41) is 12.4. The predicted molar refractivity (Wildman–Crippen MR) is 99.0 cm³/mol. The third-order valence-electron chi connectivity index (χ3n) is 5.71. The normalized spacial score (nSPS) is 27.6. The Morgan fingerprint density at radius 3 is 2.76 bits per heavy atom. The van der Waals surface area contributed by atoms with Crippen LogP contribution < -0.4 is 10.5 Å². The largest absolute Gasteiger partial charge is 0.497 e. The first-order valence-electron chi connectivity index (χ1n) is 8.88. The minimum atomic E-state index is -0.664. The summed E-state index contributed by atoms with van der Waals surface area (Å²) in [6.45, 7) is 0.581. The van der Waals surface area contributed by atoms with E-state index in [-0.39, 0.29) is 0 Å². The summed E-state index contributed by atoms with van der Waals surface area (Å²) in [5.41, 5.74) is 7.70. The molecule has 1 aromatic heterocycles. The average Bonchev–Trinajstić information content (AvgIpc) is 2.83. The van der Waals surface area contributed by atoms with Crippen LogP contribution in [0.2, 0.25) is 5.02 Å². The Morgan fingerprint density at radius 1 is 1.36 bits per heavy atom. The van der Waals surface area contributed by atoms with Gasteiger partial charge in [0.1, 0.15) is 5.75 Å². The molecule has 2 bridgehead atoms. The fourth-order valence-corrected chi connectivity index (χ4v) is 4.82. The second-order valence-electron chi connectivity index (χ2n) is 7.23. The number of aromatic nitrogens is 1. The van der Waals surface area contributed by atoms with E-state index >= 15 is 0 Å². The first kappa shape index (κ1) is 17.0. The highest BCUT2D eigenvalue weighted by Crippen LogP contribution is 2.38. The maximum absolute atomic E-state index is 11.0. The number of nitrogens with zero attached hydrogens (tertiary/aromatic N) is 2. The van der Waals surface area contributed by atoms with Gasteiger partial charge in [-0.05, 0) is 43.9 Å². The van der Waals surface area contributed by atoms with Gasteiger partial charge in [0, 0.05) is 41.8 Å². The van der Waals surface area contributed by atoms with E-state index in [0.717, 1.165) is 35.1 Å². The van der Waals surface area contributed by atoms with Crippen molar-refractivity contribution in [2.24, 2.45) is 5.73 Å². The topological polar surface area (TPSA) is 71.6 Å². The quantitative estimate of drug-likeness (QED) is 0.876. The second-order valence-corrected chi connectivity index (χ2v) is 7.64. The van der Waals surface area contributed by atoms with Crippen LogP contribution in [0.5, 0.6) is 5.75 Å². The van der Waals surface area contributed by atoms with Gasteiger partial charge >= 0.3 is 0 Å². The monoisotopic (exact) mass is 361 g/mol. The van der Waals surface area contributed by atoms with Crippen LogP contribution in [-0.2, 0) is 0 Å². The van der Waals surface area contributed by atoms with Crippen molar-refractivity contribution in [3.05, 3.63) is 35.0 Å². The Labute approximate surface area is 152 Å². The number of rotatable bonds is 4. The Morgan fingerprint density at radius 2 is 2.08 bits per heavy atom. The van der Waals surface area contributed by atoms with Gasteiger partial charge in [0.2, 0.25) is 0 Å². The summed E-state index contributed by atoms with van der Waals surface area (Å²) in [7, 11) is 1.63. The number of halogens is 1. The molecular weight excluding hydrogens is 338 g/mol. The van der Waals surface area contributed by atoms with Crippen molar-refractivity contribution in [1.82, 2.24) is 9.88 Å². The number of pyridine rings is 1. The SMILES string of the molecule is COc1ccc2ncc(Cl)c(C(O)CN3C4CCC3CC(N)C4)c2c1. The summed E-state index contributed by atoms with van der Waals surface area (Å²) in [6, 6.07) is 6.90. The molecule has 0 saturated carbocycles. The number of methoxy groups -OCH3 is 1. The molecule has 0 aliphatic carbocycles. The standard InChI is InChI=1S/C19H24ClN3O2/c1-25-14-4-5-17-15(8-14)19(16(20)9-22-17)18(24)10-23-12-2-3-13(23)7-11(21)6-12/h4-5,8-9,11-13,18,24H,2-3,6-7,10,21H2,1H3. The lowest BCUT2D eigenvalue weighted by molar-refractivity contribution is 0.0572. The lowest BCUT2D eigenvalue weighted by Gasteiger charge is -2.38. The minimum absolute atomic E-state index is 0.292. The Hall–Kier alpha value is -1.40. The van der Waals surface area contributed by atoms with Crippen molar-refractivity contribution >= 4 is 22.5 Å². The highest BCUT2D eigenvalue weighted by molar-refractivity contribution is 6.32. The third kappa shape index (κ3) is 3.10. The van der Waals surface area contributed by atoms with Crippen LogP contribution in [-0.4, -0.2) is 46.8 Å². The zero-order valence-corrected chi connectivity index (χ0v) is 15.1. The van der Waals surface area contributed by atoms with Crippen molar-refractivity contribution in [2.45, 2.75) is 49.9 Å². The molecule has 2 aliphatic rings. The lowest BCUT2D eigenvalue weighted by atomic mass is 9.96. The van der Waals surface area contributed by atoms with Gasteiger partial charge in [0.05, 0.1) is 23.8 Å². The number of fused-ring (bicyclic) bond motifs is 3. The zero-order valence-electron chi connectivity index (χ0n) is 14.4. The molecule has 0 spiro atoms. The van der Waals surface area contributed by atoms with Gasteiger partial charge in [-0.2, -0.15) is 0 Å². The average molecular weight is 362 g/mol. The van der Waals surface area contributed by atoms with Crippen molar-refractivity contribution in [3.63, 3.8) is 0 Å². The summed E-state index contributed by atoms with van der Waals surface area (Å²) in [6.07, 6.45) is 5.33. The summed E-state index contributed by atoms with van der Waals surface area (Å²) >= 11 is 6.42. The number of aliphatic hydroxyl groups excluding tert-OH is 1. The van der Waals surface area contributed by atoms with Crippen molar-refractivity contribution < 1.29 is 9.84 Å². The summed E-state index contributed by atoms with van der Waals surface area (Å²) in [5.74, 6) is 0.731. The predicted octanol–water partition coefficient (Wildman–Crippen LogP) is 2.88. The van der Waals surface area contributed by atoms with Gasteiger partial charge in [-0.15, -0.1) is 0 Å². The molecule has 2 aliphatic heterocycles. The molecule has 3 heterocycles. The third-order valence-corrected chi connectivity index (χ3v) is 6.01. The first-order valence-corrected chi connectivity index (χ1v) is 9.26. The first-order chi connectivity index (χ1) is 12.1. The number of nitrogens with two attached hydrogens (primary N) is 1. The molecule has 1 aromatic carbocycles. The number of hydrogen-bond donors (Lipinski definition) is 2. The fraction of sp³-hybridized carbons (Fsp3) is 0.526. The zero-order chi connectivity index (χ0) is 17.6. The van der Waals surface area contributed by atoms with Gasteiger partial charge in [-0.25, -0.2) is 0 Å². The van der Waals surface area contributed by atoms with E-state index in [1.165, 1.54) is 12.8 Å². The highest BCUT2D eigenvalue weighted by atomic mass is 35.5. The van der Waals surface area contributed by atoms with Gasteiger partial charge in [0.15, 0.2) is 0 Å². The molecule has 6 heteroatoms. The Kier molecular flexibility index (Phi) is 4.58. The molecule has 3 N–H and O–H groups in total. The van der Waals surface area contributed by atoms with Crippen LogP contribution in [0.25, 0.3) is 10.9 Å². The summed E-state index contributed by atoms with van der Waals surface area (Å²) < 4.78 is 5.33. The van der Waals surface area contributed by atoms with Gasteiger partial charge in [-0.1, -0.05) is 11.6 Å². The maximum Gasteiger partial charge on any atom is 0.119 e.